The van der Waals surface area contributed by atoms with E-state index in [1.807, 2.05) is 0 Å². The minimum absolute atomic E-state index is 0.0191. The number of aromatic hydroxyl groups is 2. The van der Waals surface area contributed by atoms with E-state index in [9.17, 15) is 10.2 Å². The predicted molar refractivity (Wildman–Crippen MR) is 71.2 cm³/mol. The van der Waals surface area contributed by atoms with Crippen molar-refractivity contribution in [2.45, 2.75) is 50.3 Å². The molecule has 0 spiro atoms. The number of rotatable bonds is 4. The second-order valence-electron chi connectivity index (χ2n) is 5.91. The molecule has 2 fully saturated rings. The highest BCUT2D eigenvalue weighted by Gasteiger charge is 2.64. The maximum Gasteiger partial charge on any atom is 0.280 e. The smallest absolute Gasteiger partial charge is 0.280 e. The third-order valence-electron chi connectivity index (χ3n) is 4.68. The number of hydrogen-bond donors (Lipinski definition) is 3. The Balaban J connectivity index is 1.71. The standard InChI is InChI=1S/C14H19NO7/c1-14(19-2)21-10-8-6-7(9(20-8)11(10)22-14)13(18)15(12(6)17)4-3-5-16/h8-11,16-18H,3-5H2,1-2H3/t8-,9?,10+,11?,14?/m0/s1. The van der Waals surface area contributed by atoms with E-state index in [1.165, 1.54) is 11.7 Å². The van der Waals surface area contributed by atoms with Gasteiger partial charge in [-0.2, -0.15) is 0 Å². The Bertz CT molecular complexity index is 571. The lowest BCUT2D eigenvalue weighted by Crippen LogP contribution is -2.30. The fourth-order valence-corrected chi connectivity index (χ4v) is 3.63. The molecule has 2 bridgehead atoms. The van der Waals surface area contributed by atoms with Crippen molar-refractivity contribution in [2.75, 3.05) is 13.7 Å². The molecule has 0 saturated carbocycles. The minimum atomic E-state index is -1.14. The summed E-state index contributed by atoms with van der Waals surface area (Å²) in [6.07, 6.45) is -1.33. The van der Waals surface area contributed by atoms with Crippen LogP contribution in [-0.2, 0) is 25.5 Å². The van der Waals surface area contributed by atoms with E-state index < -0.39 is 18.2 Å². The summed E-state index contributed by atoms with van der Waals surface area (Å²) < 4.78 is 24.0. The van der Waals surface area contributed by atoms with E-state index in [4.69, 9.17) is 24.1 Å². The van der Waals surface area contributed by atoms with Crippen molar-refractivity contribution in [3.05, 3.63) is 11.1 Å². The summed E-state index contributed by atoms with van der Waals surface area (Å²) in [4.78, 5) is 0. The molecule has 3 N–H and O–H groups in total. The van der Waals surface area contributed by atoms with Crippen molar-refractivity contribution in [2.24, 2.45) is 0 Å². The molecule has 1 aromatic heterocycles. The number of methoxy groups -OCH3 is 1. The summed E-state index contributed by atoms with van der Waals surface area (Å²) in [5.41, 5.74) is 1.09. The predicted octanol–water partition coefficient (Wildman–Crippen LogP) is 0.512. The molecular weight excluding hydrogens is 294 g/mol. The van der Waals surface area contributed by atoms with E-state index in [-0.39, 0.29) is 30.6 Å². The molecule has 0 amide bonds. The van der Waals surface area contributed by atoms with E-state index in [2.05, 4.69) is 0 Å². The van der Waals surface area contributed by atoms with Gasteiger partial charge in [0.05, 0.1) is 11.1 Å². The molecule has 8 heteroatoms. The molecule has 4 heterocycles. The second-order valence-corrected chi connectivity index (χ2v) is 5.91. The largest absolute Gasteiger partial charge is 0.494 e. The molecule has 0 aromatic carbocycles. The van der Waals surface area contributed by atoms with E-state index in [0.717, 1.165) is 0 Å². The monoisotopic (exact) mass is 313 g/mol. The molecule has 2 saturated heterocycles. The summed E-state index contributed by atoms with van der Waals surface area (Å²) in [6.45, 7) is 1.98. The summed E-state index contributed by atoms with van der Waals surface area (Å²) in [7, 11) is 1.49. The number of hydrogen-bond acceptors (Lipinski definition) is 7. The Kier molecular flexibility index (Phi) is 2.98. The quantitative estimate of drug-likeness (QED) is 0.744. The van der Waals surface area contributed by atoms with Gasteiger partial charge in [-0.05, 0) is 6.42 Å². The maximum atomic E-state index is 10.4. The number of aromatic nitrogens is 1. The molecule has 22 heavy (non-hydrogen) atoms. The molecule has 122 valence electrons. The lowest BCUT2D eigenvalue weighted by molar-refractivity contribution is -0.331. The fraction of sp³-hybridized carbons (Fsp3) is 0.714. The van der Waals surface area contributed by atoms with Crippen LogP contribution in [0.5, 0.6) is 11.8 Å². The van der Waals surface area contributed by atoms with Gasteiger partial charge in [0.2, 0.25) is 0 Å². The Morgan fingerprint density at radius 1 is 1.14 bits per heavy atom. The molecule has 4 rings (SSSR count). The number of fused-ring (bicyclic) bond motifs is 8. The third-order valence-corrected chi connectivity index (χ3v) is 4.68. The lowest BCUT2D eigenvalue weighted by atomic mass is 9.90. The van der Waals surface area contributed by atoms with Crippen LogP contribution in [0.4, 0.5) is 0 Å². The van der Waals surface area contributed by atoms with Crippen molar-refractivity contribution in [3.8, 4) is 11.8 Å². The molecule has 3 aliphatic heterocycles. The first-order chi connectivity index (χ1) is 10.5. The average Bonchev–Trinajstić information content (AvgIpc) is 3.18. The summed E-state index contributed by atoms with van der Waals surface area (Å²) in [5.74, 6) is -1.22. The van der Waals surface area contributed by atoms with Gasteiger partial charge in [0.25, 0.3) is 5.97 Å². The molecule has 1 aromatic rings. The van der Waals surface area contributed by atoms with Gasteiger partial charge < -0.3 is 34.3 Å². The van der Waals surface area contributed by atoms with Crippen molar-refractivity contribution in [1.29, 1.82) is 0 Å². The third kappa shape index (κ3) is 1.64. The molecule has 0 radical (unpaired) electrons. The van der Waals surface area contributed by atoms with Gasteiger partial charge >= 0.3 is 0 Å². The summed E-state index contributed by atoms with van der Waals surface area (Å²) >= 11 is 0. The van der Waals surface area contributed by atoms with Gasteiger partial charge in [0.15, 0.2) is 11.8 Å². The zero-order chi connectivity index (χ0) is 15.6. The number of aliphatic hydroxyl groups is 1. The Morgan fingerprint density at radius 2 is 1.68 bits per heavy atom. The Labute approximate surface area is 126 Å². The Morgan fingerprint density at radius 3 is 2.14 bits per heavy atom. The van der Waals surface area contributed by atoms with Gasteiger partial charge in [-0.15, -0.1) is 0 Å². The van der Waals surface area contributed by atoms with Gasteiger partial charge in [0.1, 0.15) is 24.4 Å². The topological polar surface area (TPSA) is 103 Å². The number of aliphatic hydroxyl groups excluding tert-OH is 1. The van der Waals surface area contributed by atoms with Crippen molar-refractivity contribution in [3.63, 3.8) is 0 Å². The van der Waals surface area contributed by atoms with Crippen molar-refractivity contribution >= 4 is 0 Å². The van der Waals surface area contributed by atoms with E-state index >= 15 is 0 Å². The molecule has 5 atom stereocenters. The first kappa shape index (κ1) is 14.3. The van der Waals surface area contributed by atoms with Crippen LogP contribution in [0.15, 0.2) is 0 Å². The summed E-state index contributed by atoms with van der Waals surface area (Å²) in [5, 5.41) is 29.7. The molecule has 0 aliphatic carbocycles. The first-order valence-electron chi connectivity index (χ1n) is 7.32. The van der Waals surface area contributed by atoms with Crippen molar-refractivity contribution in [1.82, 2.24) is 4.57 Å². The number of nitrogens with zero attached hydrogens (tertiary/aromatic N) is 1. The summed E-state index contributed by atoms with van der Waals surface area (Å²) in [6, 6.07) is 0. The molecular formula is C14H19NO7. The van der Waals surface area contributed by atoms with Crippen LogP contribution in [0.3, 0.4) is 0 Å². The van der Waals surface area contributed by atoms with Gasteiger partial charge in [-0.25, -0.2) is 0 Å². The normalized spacial score (nSPS) is 38.5. The molecule has 8 nitrogen and oxygen atoms in total. The van der Waals surface area contributed by atoms with E-state index in [1.54, 1.807) is 6.92 Å². The molecule has 3 aliphatic rings. The van der Waals surface area contributed by atoms with Gasteiger partial charge in [-0.1, -0.05) is 0 Å². The van der Waals surface area contributed by atoms with Crippen LogP contribution in [0.2, 0.25) is 0 Å². The van der Waals surface area contributed by atoms with Crippen LogP contribution < -0.4 is 0 Å². The maximum absolute atomic E-state index is 10.4. The highest BCUT2D eigenvalue weighted by Crippen LogP contribution is 2.62. The zero-order valence-corrected chi connectivity index (χ0v) is 12.4. The highest BCUT2D eigenvalue weighted by atomic mass is 16.9. The second kappa shape index (κ2) is 4.59. The number of ether oxygens (including phenoxy) is 4. The fourth-order valence-electron chi connectivity index (χ4n) is 3.63. The SMILES string of the molecule is COC1(C)OC2C3O[C@@H](c4c3c(O)n(CCCO)c4O)[C@H]2O1. The van der Waals surface area contributed by atoms with E-state index in [0.29, 0.717) is 24.1 Å². The van der Waals surface area contributed by atoms with Gasteiger partial charge in [-0.3, -0.25) is 4.57 Å². The first-order valence-corrected chi connectivity index (χ1v) is 7.32. The molecule has 3 unspecified atom stereocenters. The zero-order valence-electron chi connectivity index (χ0n) is 12.4. The van der Waals surface area contributed by atoms with Gasteiger partial charge in [0, 0.05) is 27.2 Å². The highest BCUT2D eigenvalue weighted by molar-refractivity contribution is 5.54. The van der Waals surface area contributed by atoms with Crippen LogP contribution in [-0.4, -0.2) is 51.8 Å². The minimum Gasteiger partial charge on any atom is -0.494 e. The average molecular weight is 313 g/mol. The van der Waals surface area contributed by atoms with Crippen LogP contribution in [0.25, 0.3) is 0 Å². The van der Waals surface area contributed by atoms with Crippen molar-refractivity contribution < 1.29 is 34.3 Å². The Hall–Kier alpha value is -1.32. The van der Waals surface area contributed by atoms with Crippen LogP contribution in [0, 0.1) is 0 Å². The van der Waals surface area contributed by atoms with Crippen LogP contribution >= 0.6 is 0 Å². The lowest BCUT2D eigenvalue weighted by Gasteiger charge is -2.23. The van der Waals surface area contributed by atoms with Crippen LogP contribution in [0.1, 0.15) is 36.7 Å².